The SMILES string of the molecule is CCC(=O)O.CCC(=O)O.CCCCCCCCCCCCS. The lowest BCUT2D eigenvalue weighted by molar-refractivity contribution is -0.137. The van der Waals surface area contributed by atoms with Gasteiger partial charge in [0, 0.05) is 12.8 Å². The van der Waals surface area contributed by atoms with Gasteiger partial charge in [0.05, 0.1) is 0 Å². The fourth-order valence-electron chi connectivity index (χ4n) is 1.60. The summed E-state index contributed by atoms with van der Waals surface area (Å²) in [6, 6.07) is 0. The monoisotopic (exact) mass is 350 g/mol. The van der Waals surface area contributed by atoms with Crippen molar-refractivity contribution in [2.24, 2.45) is 0 Å². The van der Waals surface area contributed by atoms with E-state index in [1.165, 1.54) is 64.2 Å². The van der Waals surface area contributed by atoms with Crippen molar-refractivity contribution >= 4 is 24.6 Å². The normalized spacial score (nSPS) is 9.22. The molecule has 2 N–H and O–H groups in total. The van der Waals surface area contributed by atoms with Crippen molar-refractivity contribution in [3.05, 3.63) is 0 Å². The molecule has 0 saturated carbocycles. The Morgan fingerprint density at radius 1 is 0.652 bits per heavy atom. The van der Waals surface area contributed by atoms with Gasteiger partial charge in [-0.2, -0.15) is 12.6 Å². The first kappa shape index (κ1) is 27.2. The molecule has 0 fully saturated rings. The maximum absolute atomic E-state index is 9.37. The Hall–Kier alpha value is -0.710. The van der Waals surface area contributed by atoms with Crippen LogP contribution in [0, 0.1) is 0 Å². The number of unbranched alkanes of at least 4 members (excludes halogenated alkanes) is 9. The fraction of sp³-hybridized carbons (Fsp3) is 0.889. The third-order valence-electron chi connectivity index (χ3n) is 3.12. The summed E-state index contributed by atoms with van der Waals surface area (Å²) in [7, 11) is 0. The van der Waals surface area contributed by atoms with E-state index in [0.717, 1.165) is 5.75 Å². The third kappa shape index (κ3) is 44.9. The van der Waals surface area contributed by atoms with Gasteiger partial charge in [-0.05, 0) is 12.2 Å². The average molecular weight is 351 g/mol. The Balaban J connectivity index is -0.000000329. The molecule has 4 nitrogen and oxygen atoms in total. The first-order valence-electron chi connectivity index (χ1n) is 9.00. The Bertz CT molecular complexity index is 221. The zero-order valence-electron chi connectivity index (χ0n) is 15.4. The van der Waals surface area contributed by atoms with Crippen molar-refractivity contribution in [1.82, 2.24) is 0 Å². The molecular formula is C18H38O4S. The van der Waals surface area contributed by atoms with Crippen molar-refractivity contribution in [1.29, 1.82) is 0 Å². The number of thiol groups is 1. The summed E-state index contributed by atoms with van der Waals surface area (Å²) in [5.41, 5.74) is 0. The lowest BCUT2D eigenvalue weighted by Gasteiger charge is -2.00. The molecule has 0 saturated heterocycles. The maximum Gasteiger partial charge on any atom is 0.303 e. The lowest BCUT2D eigenvalue weighted by Crippen LogP contribution is -1.86. The van der Waals surface area contributed by atoms with E-state index >= 15 is 0 Å². The van der Waals surface area contributed by atoms with Crippen LogP contribution in [0.15, 0.2) is 0 Å². The summed E-state index contributed by atoms with van der Waals surface area (Å²) in [4.78, 5) is 18.7. The highest BCUT2D eigenvalue weighted by molar-refractivity contribution is 7.80. The molecule has 0 atom stereocenters. The van der Waals surface area contributed by atoms with E-state index in [2.05, 4.69) is 19.6 Å². The molecular weight excluding hydrogens is 312 g/mol. The average Bonchev–Trinajstić information content (AvgIpc) is 2.54. The molecule has 0 aliphatic rings. The summed E-state index contributed by atoms with van der Waals surface area (Å²) in [6.07, 6.45) is 14.6. The van der Waals surface area contributed by atoms with Crippen molar-refractivity contribution in [3.63, 3.8) is 0 Å². The van der Waals surface area contributed by atoms with Crippen molar-refractivity contribution in [3.8, 4) is 0 Å². The molecule has 0 aromatic rings. The molecule has 5 heteroatoms. The Kier molecular flexibility index (Phi) is 30.9. The fourth-order valence-corrected chi connectivity index (χ4v) is 1.82. The first-order chi connectivity index (χ1) is 11.0. The van der Waals surface area contributed by atoms with Crippen LogP contribution in [0.25, 0.3) is 0 Å². The third-order valence-corrected chi connectivity index (χ3v) is 3.43. The predicted molar refractivity (Wildman–Crippen MR) is 102 cm³/mol. The molecule has 0 aliphatic heterocycles. The van der Waals surface area contributed by atoms with E-state index in [1.54, 1.807) is 13.8 Å². The largest absolute Gasteiger partial charge is 0.481 e. The lowest BCUT2D eigenvalue weighted by atomic mass is 10.1. The van der Waals surface area contributed by atoms with E-state index < -0.39 is 11.9 Å². The van der Waals surface area contributed by atoms with E-state index in [9.17, 15) is 9.59 Å². The van der Waals surface area contributed by atoms with E-state index in [4.69, 9.17) is 10.2 Å². The smallest absolute Gasteiger partial charge is 0.303 e. The van der Waals surface area contributed by atoms with Gasteiger partial charge in [-0.3, -0.25) is 9.59 Å². The van der Waals surface area contributed by atoms with E-state index in [1.807, 2.05) is 0 Å². The minimum absolute atomic E-state index is 0.222. The van der Waals surface area contributed by atoms with Gasteiger partial charge in [-0.1, -0.05) is 78.6 Å². The number of carboxylic acid groups (broad SMARTS) is 2. The van der Waals surface area contributed by atoms with Crippen LogP contribution in [0.1, 0.15) is 97.8 Å². The van der Waals surface area contributed by atoms with Crippen LogP contribution in [-0.2, 0) is 9.59 Å². The van der Waals surface area contributed by atoms with Crippen LogP contribution in [0.4, 0.5) is 0 Å². The number of hydrogen-bond donors (Lipinski definition) is 3. The second-order valence-corrected chi connectivity index (χ2v) is 5.85. The quantitative estimate of drug-likeness (QED) is 0.307. The first-order valence-corrected chi connectivity index (χ1v) is 9.63. The molecule has 0 heterocycles. The molecule has 0 aliphatic carbocycles. The molecule has 0 rings (SSSR count). The molecule has 0 bridgehead atoms. The second kappa shape index (κ2) is 26.2. The van der Waals surface area contributed by atoms with Crippen LogP contribution < -0.4 is 0 Å². The summed E-state index contributed by atoms with van der Waals surface area (Å²) in [5, 5.41) is 15.4. The van der Waals surface area contributed by atoms with Crippen LogP contribution >= 0.6 is 12.6 Å². The summed E-state index contributed by atoms with van der Waals surface area (Å²) < 4.78 is 0. The molecule has 23 heavy (non-hydrogen) atoms. The number of hydrogen-bond acceptors (Lipinski definition) is 3. The van der Waals surface area contributed by atoms with Gasteiger partial charge in [0.25, 0.3) is 0 Å². The number of rotatable bonds is 12. The summed E-state index contributed by atoms with van der Waals surface area (Å²) in [6.45, 7) is 5.47. The minimum Gasteiger partial charge on any atom is -0.481 e. The van der Waals surface area contributed by atoms with Gasteiger partial charge >= 0.3 is 11.9 Å². The van der Waals surface area contributed by atoms with Gasteiger partial charge in [0.2, 0.25) is 0 Å². The summed E-state index contributed by atoms with van der Waals surface area (Å²) >= 11 is 4.20. The van der Waals surface area contributed by atoms with Gasteiger partial charge in [0.1, 0.15) is 0 Å². The summed E-state index contributed by atoms with van der Waals surface area (Å²) in [5.74, 6) is -0.425. The highest BCUT2D eigenvalue weighted by atomic mass is 32.1. The second-order valence-electron chi connectivity index (χ2n) is 5.40. The number of carbonyl (C=O) groups is 2. The zero-order chi connectivity index (χ0) is 18.3. The van der Waals surface area contributed by atoms with Crippen LogP contribution in [-0.4, -0.2) is 27.9 Å². The van der Waals surface area contributed by atoms with Crippen molar-refractivity contribution in [2.45, 2.75) is 97.8 Å². The van der Waals surface area contributed by atoms with Crippen molar-refractivity contribution < 1.29 is 19.8 Å². The van der Waals surface area contributed by atoms with Gasteiger partial charge in [-0.15, -0.1) is 0 Å². The van der Waals surface area contributed by atoms with Crippen LogP contribution in [0.3, 0.4) is 0 Å². The van der Waals surface area contributed by atoms with E-state index in [0.29, 0.717) is 0 Å². The van der Waals surface area contributed by atoms with Crippen LogP contribution in [0.2, 0.25) is 0 Å². The molecule has 0 aromatic heterocycles. The number of aliphatic carboxylic acids is 2. The highest BCUT2D eigenvalue weighted by Crippen LogP contribution is 2.10. The molecule has 0 amide bonds. The Labute approximate surface area is 148 Å². The van der Waals surface area contributed by atoms with Gasteiger partial charge in [-0.25, -0.2) is 0 Å². The van der Waals surface area contributed by atoms with Crippen LogP contribution in [0.5, 0.6) is 0 Å². The van der Waals surface area contributed by atoms with Crippen molar-refractivity contribution in [2.75, 3.05) is 5.75 Å². The minimum atomic E-state index is -0.745. The Morgan fingerprint density at radius 2 is 0.913 bits per heavy atom. The number of carboxylic acids is 2. The maximum atomic E-state index is 9.37. The Morgan fingerprint density at radius 3 is 1.13 bits per heavy atom. The molecule has 0 unspecified atom stereocenters. The predicted octanol–water partition coefficient (Wildman–Crippen LogP) is 5.80. The topological polar surface area (TPSA) is 74.6 Å². The molecule has 140 valence electrons. The molecule has 0 radical (unpaired) electrons. The van der Waals surface area contributed by atoms with E-state index in [-0.39, 0.29) is 12.8 Å². The zero-order valence-corrected chi connectivity index (χ0v) is 16.2. The molecule has 0 spiro atoms. The van der Waals surface area contributed by atoms with Gasteiger partial charge < -0.3 is 10.2 Å². The van der Waals surface area contributed by atoms with Gasteiger partial charge in [0.15, 0.2) is 0 Å². The standard InChI is InChI=1S/C12H26S.2C3H6O2/c1-2-3-4-5-6-7-8-9-10-11-12-13;2*1-2-3(4)5/h13H,2-12H2,1H3;2*2H2,1H3,(H,4,5). The highest BCUT2D eigenvalue weighted by Gasteiger charge is 1.91. The molecule has 0 aromatic carbocycles.